The molecule has 26 heavy (non-hydrogen) atoms. The van der Waals surface area contributed by atoms with E-state index in [9.17, 15) is 4.79 Å². The van der Waals surface area contributed by atoms with Gasteiger partial charge in [-0.05, 0) is 50.8 Å². The van der Waals surface area contributed by atoms with E-state index in [0.717, 1.165) is 40.1 Å². The third kappa shape index (κ3) is 2.59. The van der Waals surface area contributed by atoms with Gasteiger partial charge in [-0.25, -0.2) is 4.98 Å². The molecule has 1 saturated heterocycles. The Morgan fingerprint density at radius 2 is 2.27 bits per heavy atom. The Morgan fingerprint density at radius 1 is 1.38 bits per heavy atom. The number of hydrogen-bond acceptors (Lipinski definition) is 5. The van der Waals surface area contributed by atoms with Crippen LogP contribution in [0.15, 0.2) is 23.6 Å². The number of nitrogens with zero attached hydrogens (tertiary/aromatic N) is 3. The Hall–Kier alpha value is -2.05. The number of thiazole rings is 1. The maximum absolute atomic E-state index is 12.9. The van der Waals surface area contributed by atoms with Gasteiger partial charge in [0.05, 0.1) is 5.52 Å². The molecule has 2 aliphatic rings. The highest BCUT2D eigenvalue weighted by Gasteiger charge is 2.43. The summed E-state index contributed by atoms with van der Waals surface area (Å²) in [6, 6.07) is 6.77. The van der Waals surface area contributed by atoms with Crippen LogP contribution < -0.4 is 0 Å². The van der Waals surface area contributed by atoms with Gasteiger partial charge in [-0.1, -0.05) is 6.07 Å². The number of nitrogens with one attached hydrogen (secondary N) is 1. The first-order chi connectivity index (χ1) is 12.6. The van der Waals surface area contributed by atoms with Crippen molar-refractivity contribution < 1.29 is 4.79 Å². The average Bonchev–Trinajstić information content (AvgIpc) is 3.37. The van der Waals surface area contributed by atoms with Gasteiger partial charge < -0.3 is 4.90 Å². The first-order valence-corrected chi connectivity index (χ1v) is 10.1. The van der Waals surface area contributed by atoms with Crippen molar-refractivity contribution >= 4 is 28.0 Å². The number of H-pyrrole nitrogens is 1. The van der Waals surface area contributed by atoms with E-state index in [0.29, 0.717) is 30.0 Å². The van der Waals surface area contributed by atoms with Crippen molar-refractivity contribution in [2.45, 2.75) is 32.2 Å². The second kappa shape index (κ2) is 5.99. The largest absolute Gasteiger partial charge is 0.303 e. The first-order valence-electron chi connectivity index (χ1n) is 9.22. The van der Waals surface area contributed by atoms with E-state index in [4.69, 9.17) is 0 Å². The van der Waals surface area contributed by atoms with Gasteiger partial charge in [0, 0.05) is 41.0 Å². The number of aromatic nitrogens is 3. The van der Waals surface area contributed by atoms with Crippen molar-refractivity contribution in [3.8, 4) is 10.6 Å². The summed E-state index contributed by atoms with van der Waals surface area (Å²) in [5, 5.41) is 11.4. The fraction of sp³-hybridized carbons (Fsp3) is 0.450. The van der Waals surface area contributed by atoms with Crippen molar-refractivity contribution in [2.75, 3.05) is 13.6 Å². The second-order valence-electron chi connectivity index (χ2n) is 7.84. The quantitative estimate of drug-likeness (QED) is 0.711. The molecule has 6 heteroatoms. The molecule has 5 rings (SSSR count). The molecule has 0 amide bonds. The van der Waals surface area contributed by atoms with E-state index in [1.165, 1.54) is 6.42 Å². The Balaban J connectivity index is 1.38. The molecule has 5 nitrogen and oxygen atoms in total. The Bertz CT molecular complexity index is 989. The molecule has 0 spiro atoms. The van der Waals surface area contributed by atoms with Crippen LogP contribution in [-0.4, -0.2) is 45.5 Å². The lowest BCUT2D eigenvalue weighted by Crippen LogP contribution is -2.32. The number of ketones is 1. The average molecular weight is 366 g/mol. The number of carbonyl (C=O) groups is 1. The lowest BCUT2D eigenvalue weighted by atomic mass is 9.89. The summed E-state index contributed by atoms with van der Waals surface area (Å²) in [5.74, 6) is 1.38. The molecule has 3 aromatic rings. The van der Waals surface area contributed by atoms with Crippen LogP contribution in [0.25, 0.3) is 21.5 Å². The standard InChI is InChI=1S/C20H22N4OS/c1-11-10-26-20(21-11)12-3-4-16-17(7-12)22-23-19(16)18(25)8-13-5-15-6-14(13)9-24(15)2/h3-4,7,10,13-15H,5-6,8-9H2,1-2H3,(H,22,23)/t13-,14+,15-/m1/s1. The highest BCUT2D eigenvalue weighted by Crippen LogP contribution is 2.43. The first kappa shape index (κ1) is 16.1. The number of aryl methyl sites for hydroxylation is 1. The Kier molecular flexibility index (Phi) is 3.72. The van der Waals surface area contributed by atoms with E-state index < -0.39 is 0 Å². The van der Waals surface area contributed by atoms with Crippen LogP contribution >= 0.6 is 11.3 Å². The van der Waals surface area contributed by atoms with Crippen LogP contribution in [-0.2, 0) is 0 Å². The van der Waals surface area contributed by atoms with Crippen molar-refractivity contribution in [3.63, 3.8) is 0 Å². The molecule has 1 aliphatic heterocycles. The zero-order chi connectivity index (χ0) is 17.8. The van der Waals surface area contributed by atoms with E-state index in [1.54, 1.807) is 11.3 Å². The predicted octanol–water partition coefficient (Wildman–Crippen LogP) is 3.91. The lowest BCUT2D eigenvalue weighted by molar-refractivity contribution is 0.0927. The minimum absolute atomic E-state index is 0.175. The SMILES string of the molecule is Cc1csc(-c2ccc3c(C(=O)C[C@H]4C[C@@H]5C[C@H]4CN5C)n[nH]c3c2)n1. The molecule has 1 aliphatic carbocycles. The minimum atomic E-state index is 0.175. The number of benzene rings is 1. The van der Waals surface area contributed by atoms with Gasteiger partial charge in [0.25, 0.3) is 0 Å². The van der Waals surface area contributed by atoms with E-state index >= 15 is 0 Å². The minimum Gasteiger partial charge on any atom is -0.303 e. The highest BCUT2D eigenvalue weighted by molar-refractivity contribution is 7.13. The number of likely N-dealkylation sites (tertiary alicyclic amines) is 1. The summed E-state index contributed by atoms with van der Waals surface area (Å²) < 4.78 is 0. The fourth-order valence-electron chi connectivity index (χ4n) is 4.72. The van der Waals surface area contributed by atoms with Crippen LogP contribution in [0.3, 0.4) is 0 Å². The van der Waals surface area contributed by atoms with E-state index in [1.807, 2.05) is 30.5 Å². The fourth-order valence-corrected chi connectivity index (χ4v) is 5.51. The summed E-state index contributed by atoms with van der Waals surface area (Å²) in [4.78, 5) is 19.9. The molecule has 2 fully saturated rings. The van der Waals surface area contributed by atoms with Gasteiger partial charge in [-0.3, -0.25) is 9.89 Å². The molecule has 1 saturated carbocycles. The lowest BCUT2D eigenvalue weighted by Gasteiger charge is -2.27. The Morgan fingerprint density at radius 3 is 2.96 bits per heavy atom. The van der Waals surface area contributed by atoms with Gasteiger partial charge in [-0.15, -0.1) is 11.3 Å². The zero-order valence-corrected chi connectivity index (χ0v) is 15.8. The topological polar surface area (TPSA) is 61.9 Å². The van der Waals surface area contributed by atoms with Crippen LogP contribution in [0.2, 0.25) is 0 Å². The van der Waals surface area contributed by atoms with Gasteiger partial charge in [-0.2, -0.15) is 5.10 Å². The summed E-state index contributed by atoms with van der Waals surface area (Å²) >= 11 is 1.64. The number of fused-ring (bicyclic) bond motifs is 3. The molecule has 3 heterocycles. The van der Waals surface area contributed by atoms with Crippen LogP contribution in [0.1, 0.15) is 35.4 Å². The summed E-state index contributed by atoms with van der Waals surface area (Å²) in [7, 11) is 2.20. The van der Waals surface area contributed by atoms with Crippen molar-refractivity contribution in [1.29, 1.82) is 0 Å². The molecular weight excluding hydrogens is 344 g/mol. The van der Waals surface area contributed by atoms with Crippen LogP contribution in [0.4, 0.5) is 0 Å². The number of piperidine rings is 1. The number of rotatable bonds is 4. The number of hydrogen-bond donors (Lipinski definition) is 1. The molecular formula is C20H22N4OS. The molecule has 0 unspecified atom stereocenters. The van der Waals surface area contributed by atoms with Gasteiger partial charge >= 0.3 is 0 Å². The van der Waals surface area contributed by atoms with Crippen LogP contribution in [0.5, 0.6) is 0 Å². The third-order valence-corrected chi connectivity index (χ3v) is 7.11. The van der Waals surface area contributed by atoms with Crippen molar-refractivity contribution in [1.82, 2.24) is 20.1 Å². The van der Waals surface area contributed by atoms with Gasteiger partial charge in [0.2, 0.25) is 0 Å². The maximum atomic E-state index is 12.9. The number of Topliss-reactive ketones (excluding diaryl/α,β-unsaturated/α-hetero) is 1. The summed E-state index contributed by atoms with van der Waals surface area (Å²) in [6.45, 7) is 3.14. The molecule has 1 N–H and O–H groups in total. The van der Waals surface area contributed by atoms with Gasteiger partial charge in [0.15, 0.2) is 5.78 Å². The van der Waals surface area contributed by atoms with Crippen LogP contribution in [0, 0.1) is 18.8 Å². The third-order valence-electron chi connectivity index (χ3n) is 6.10. The molecule has 0 radical (unpaired) electrons. The molecule has 134 valence electrons. The predicted molar refractivity (Wildman–Crippen MR) is 104 cm³/mol. The van der Waals surface area contributed by atoms with Crippen molar-refractivity contribution in [2.24, 2.45) is 11.8 Å². The highest BCUT2D eigenvalue weighted by atomic mass is 32.1. The molecule has 1 aromatic carbocycles. The molecule has 2 bridgehead atoms. The zero-order valence-electron chi connectivity index (χ0n) is 15.0. The normalized spacial score (nSPS) is 25.4. The van der Waals surface area contributed by atoms with Crippen molar-refractivity contribution in [3.05, 3.63) is 35.0 Å². The van der Waals surface area contributed by atoms with E-state index in [2.05, 4.69) is 27.1 Å². The number of aromatic amines is 1. The second-order valence-corrected chi connectivity index (χ2v) is 8.70. The smallest absolute Gasteiger partial charge is 0.183 e. The Labute approximate surface area is 156 Å². The summed E-state index contributed by atoms with van der Waals surface area (Å²) in [6.07, 6.45) is 3.04. The monoisotopic (exact) mass is 366 g/mol. The van der Waals surface area contributed by atoms with E-state index in [-0.39, 0.29) is 5.78 Å². The number of carbonyl (C=O) groups excluding carboxylic acids is 1. The summed E-state index contributed by atoms with van der Waals surface area (Å²) in [5.41, 5.74) is 3.60. The maximum Gasteiger partial charge on any atom is 0.183 e. The molecule has 2 aromatic heterocycles. The molecule has 3 atom stereocenters. The van der Waals surface area contributed by atoms with Gasteiger partial charge in [0.1, 0.15) is 10.7 Å².